The van der Waals surface area contributed by atoms with Crippen LogP contribution in [0.5, 0.6) is 0 Å². The Balaban J connectivity index is 1.19. The van der Waals surface area contributed by atoms with Crippen molar-refractivity contribution in [1.29, 1.82) is 0 Å². The van der Waals surface area contributed by atoms with Crippen LogP contribution in [0.1, 0.15) is 23.2 Å². The molecule has 0 aliphatic heterocycles. The summed E-state index contributed by atoms with van der Waals surface area (Å²) in [6.07, 6.45) is 7.19. The van der Waals surface area contributed by atoms with Gasteiger partial charge in [-0.2, -0.15) is 0 Å². The van der Waals surface area contributed by atoms with Gasteiger partial charge in [-0.3, -0.25) is 9.59 Å². The molecule has 2 aromatic carbocycles. The third-order valence-electron chi connectivity index (χ3n) is 5.78. The number of nitrogens with zero attached hydrogens (tertiary/aromatic N) is 4. The number of thiazole rings is 1. The summed E-state index contributed by atoms with van der Waals surface area (Å²) in [6, 6.07) is 18.7. The van der Waals surface area contributed by atoms with Gasteiger partial charge in [0.2, 0.25) is 5.91 Å². The van der Waals surface area contributed by atoms with Crippen molar-refractivity contribution in [3.05, 3.63) is 84.9 Å². The lowest BCUT2D eigenvalue weighted by Gasteiger charge is -2.08. The predicted molar refractivity (Wildman–Crippen MR) is 136 cm³/mol. The zero-order valence-corrected chi connectivity index (χ0v) is 19.3. The average molecular weight is 481 g/mol. The molecule has 0 unspecified atom stereocenters. The molecular formula is C26H20N6O2S. The highest BCUT2D eigenvalue weighted by molar-refractivity contribution is 7.22. The van der Waals surface area contributed by atoms with Crippen LogP contribution in [0.4, 0.5) is 10.8 Å². The number of imidazole rings is 1. The lowest BCUT2D eigenvalue weighted by molar-refractivity contribution is -0.117. The third kappa shape index (κ3) is 4.53. The summed E-state index contributed by atoms with van der Waals surface area (Å²) in [5, 5.41) is 6.39. The summed E-state index contributed by atoms with van der Waals surface area (Å²) in [5.41, 5.74) is 4.49. The smallest absolute Gasteiger partial charge is 0.255 e. The molecule has 0 radical (unpaired) electrons. The topological polar surface area (TPSA) is 102 Å². The van der Waals surface area contributed by atoms with Crippen molar-refractivity contribution in [2.24, 2.45) is 5.92 Å². The Labute approximate surface area is 204 Å². The molecular weight excluding hydrogens is 460 g/mol. The van der Waals surface area contributed by atoms with Gasteiger partial charge in [0.25, 0.3) is 5.91 Å². The van der Waals surface area contributed by atoms with Crippen LogP contribution in [0.25, 0.3) is 27.3 Å². The Morgan fingerprint density at radius 3 is 2.60 bits per heavy atom. The highest BCUT2D eigenvalue weighted by Crippen LogP contribution is 2.32. The normalized spacial score (nSPS) is 13.0. The monoisotopic (exact) mass is 480 g/mol. The standard InChI is InChI=1S/C26H20N6O2S/c33-23(16-4-5-16)31-26-30-22-11-10-21(29-25(22)35-26)17-2-1-3-18(14-17)24(34)28-19-6-8-20(9-7-19)32-13-12-27-15-32/h1-3,6-16H,4-5H2,(H,28,34)(H,30,31,33). The van der Waals surface area contributed by atoms with Gasteiger partial charge in [0.15, 0.2) is 5.13 Å². The van der Waals surface area contributed by atoms with Crippen LogP contribution in [0.2, 0.25) is 0 Å². The van der Waals surface area contributed by atoms with E-state index in [1.807, 2.05) is 65.4 Å². The van der Waals surface area contributed by atoms with E-state index in [0.29, 0.717) is 16.4 Å². The fourth-order valence-electron chi connectivity index (χ4n) is 3.74. The number of benzene rings is 2. The summed E-state index contributed by atoms with van der Waals surface area (Å²) in [7, 11) is 0. The van der Waals surface area contributed by atoms with Crippen molar-refractivity contribution in [2.75, 3.05) is 10.6 Å². The molecule has 1 fully saturated rings. The number of amides is 2. The number of hydrogen-bond acceptors (Lipinski definition) is 6. The second-order valence-corrected chi connectivity index (χ2v) is 9.33. The zero-order valence-electron chi connectivity index (χ0n) is 18.5. The van der Waals surface area contributed by atoms with E-state index in [9.17, 15) is 9.59 Å². The summed E-state index contributed by atoms with van der Waals surface area (Å²) >= 11 is 1.35. The number of anilines is 2. The fraction of sp³-hybridized carbons (Fsp3) is 0.115. The van der Waals surface area contributed by atoms with Gasteiger partial charge in [0, 0.05) is 40.8 Å². The van der Waals surface area contributed by atoms with Crippen LogP contribution in [0.15, 0.2) is 79.4 Å². The van der Waals surface area contributed by atoms with Gasteiger partial charge in [-0.05, 0) is 61.4 Å². The first-order chi connectivity index (χ1) is 17.1. The maximum atomic E-state index is 12.9. The van der Waals surface area contributed by atoms with Crippen molar-refractivity contribution in [1.82, 2.24) is 19.5 Å². The Morgan fingerprint density at radius 1 is 0.971 bits per heavy atom. The van der Waals surface area contributed by atoms with Crippen molar-refractivity contribution >= 4 is 44.3 Å². The predicted octanol–water partition coefficient (Wildman–Crippen LogP) is 5.14. The van der Waals surface area contributed by atoms with Gasteiger partial charge >= 0.3 is 0 Å². The first-order valence-electron chi connectivity index (χ1n) is 11.2. The lowest BCUT2D eigenvalue weighted by Crippen LogP contribution is -2.12. The van der Waals surface area contributed by atoms with E-state index in [1.54, 1.807) is 18.6 Å². The van der Waals surface area contributed by atoms with Crippen molar-refractivity contribution in [3.8, 4) is 16.9 Å². The van der Waals surface area contributed by atoms with Crippen LogP contribution in [0.3, 0.4) is 0 Å². The molecule has 3 heterocycles. The van der Waals surface area contributed by atoms with Gasteiger partial charge in [0.05, 0.1) is 12.0 Å². The Morgan fingerprint density at radius 2 is 1.83 bits per heavy atom. The largest absolute Gasteiger partial charge is 0.322 e. The quantitative estimate of drug-likeness (QED) is 0.350. The molecule has 35 heavy (non-hydrogen) atoms. The van der Waals surface area contributed by atoms with Crippen LogP contribution < -0.4 is 10.6 Å². The number of fused-ring (bicyclic) bond motifs is 1. The Kier molecular flexibility index (Phi) is 5.31. The van der Waals surface area contributed by atoms with E-state index in [2.05, 4.69) is 20.6 Å². The second kappa shape index (κ2) is 8.77. The highest BCUT2D eigenvalue weighted by Gasteiger charge is 2.30. The molecule has 1 aliphatic rings. The number of carbonyl (C=O) groups excluding carboxylic acids is 2. The molecule has 0 bridgehead atoms. The van der Waals surface area contributed by atoms with Crippen molar-refractivity contribution < 1.29 is 9.59 Å². The average Bonchev–Trinajstić information content (AvgIpc) is 3.44. The first kappa shape index (κ1) is 21.2. The molecule has 0 spiro atoms. The van der Waals surface area contributed by atoms with E-state index in [4.69, 9.17) is 4.98 Å². The van der Waals surface area contributed by atoms with E-state index >= 15 is 0 Å². The summed E-state index contributed by atoms with van der Waals surface area (Å²) < 4.78 is 1.89. The molecule has 8 nitrogen and oxygen atoms in total. The molecule has 5 aromatic rings. The molecule has 1 aliphatic carbocycles. The summed E-state index contributed by atoms with van der Waals surface area (Å²) in [6.45, 7) is 0. The summed E-state index contributed by atoms with van der Waals surface area (Å²) in [4.78, 5) is 38.9. The van der Waals surface area contributed by atoms with Gasteiger partial charge in [-0.1, -0.05) is 23.5 Å². The van der Waals surface area contributed by atoms with Gasteiger partial charge < -0.3 is 15.2 Å². The van der Waals surface area contributed by atoms with Gasteiger partial charge in [-0.25, -0.2) is 15.0 Å². The minimum absolute atomic E-state index is 0.0272. The fourth-order valence-corrected chi connectivity index (χ4v) is 4.58. The molecule has 1 saturated carbocycles. The second-order valence-electron chi connectivity index (χ2n) is 8.36. The molecule has 6 rings (SSSR count). The van der Waals surface area contributed by atoms with Crippen molar-refractivity contribution in [3.63, 3.8) is 0 Å². The van der Waals surface area contributed by atoms with E-state index in [1.165, 1.54) is 11.3 Å². The zero-order chi connectivity index (χ0) is 23.8. The minimum Gasteiger partial charge on any atom is -0.322 e. The van der Waals surface area contributed by atoms with Crippen molar-refractivity contribution in [2.45, 2.75) is 12.8 Å². The molecule has 9 heteroatoms. The lowest BCUT2D eigenvalue weighted by atomic mass is 10.1. The van der Waals surface area contributed by atoms with Crippen LogP contribution >= 0.6 is 11.3 Å². The first-order valence-corrected chi connectivity index (χ1v) is 12.0. The number of nitrogens with one attached hydrogen (secondary N) is 2. The van der Waals surface area contributed by atoms with E-state index in [0.717, 1.165) is 40.1 Å². The Hall–Kier alpha value is -4.37. The summed E-state index contributed by atoms with van der Waals surface area (Å²) in [5.74, 6) is -0.0559. The van der Waals surface area contributed by atoms with Crippen LogP contribution in [-0.4, -0.2) is 31.3 Å². The molecule has 2 amide bonds. The SMILES string of the molecule is O=C(Nc1ccc(-n2ccnc2)cc1)c1cccc(-c2ccc3nc(NC(=O)C4CC4)sc3n2)c1. The maximum absolute atomic E-state index is 12.9. The van der Waals surface area contributed by atoms with E-state index < -0.39 is 0 Å². The number of pyridine rings is 1. The number of carbonyl (C=O) groups is 2. The molecule has 172 valence electrons. The number of aromatic nitrogens is 4. The Bertz CT molecular complexity index is 1540. The molecule has 2 N–H and O–H groups in total. The number of hydrogen-bond donors (Lipinski definition) is 2. The van der Waals surface area contributed by atoms with Crippen LogP contribution in [-0.2, 0) is 4.79 Å². The highest BCUT2D eigenvalue weighted by atomic mass is 32.1. The maximum Gasteiger partial charge on any atom is 0.255 e. The van der Waals surface area contributed by atoms with E-state index in [-0.39, 0.29) is 17.7 Å². The number of rotatable bonds is 6. The molecule has 0 atom stereocenters. The van der Waals surface area contributed by atoms with Gasteiger partial charge in [0.1, 0.15) is 10.3 Å². The molecule has 3 aromatic heterocycles. The van der Waals surface area contributed by atoms with Crippen LogP contribution in [0, 0.1) is 5.92 Å². The van der Waals surface area contributed by atoms with Gasteiger partial charge in [-0.15, -0.1) is 0 Å². The molecule has 0 saturated heterocycles. The minimum atomic E-state index is -0.203. The third-order valence-corrected chi connectivity index (χ3v) is 6.66.